The van der Waals surface area contributed by atoms with E-state index < -0.39 is 33.7 Å². The van der Waals surface area contributed by atoms with Gasteiger partial charge in [0, 0.05) is 23.3 Å². The summed E-state index contributed by atoms with van der Waals surface area (Å²) in [6, 6.07) is 5.51. The maximum atomic E-state index is 13.9. The highest BCUT2D eigenvalue weighted by atomic mass is 79.9. The van der Waals surface area contributed by atoms with E-state index in [0.29, 0.717) is 12.1 Å². The Morgan fingerprint density at radius 3 is 2.11 bits per heavy atom. The van der Waals surface area contributed by atoms with E-state index in [9.17, 15) is 17.6 Å². The number of rotatable bonds is 2. The molecule has 0 aromatic heterocycles. The first-order valence-corrected chi connectivity index (χ1v) is 6.85. The van der Waals surface area contributed by atoms with Crippen LogP contribution in [0, 0.1) is 23.3 Å². The van der Waals surface area contributed by atoms with Crippen LogP contribution in [0.5, 0.6) is 0 Å². The van der Waals surface area contributed by atoms with Crippen molar-refractivity contribution in [3.8, 4) is 0 Å². The molecule has 0 saturated carbocycles. The zero-order valence-corrected chi connectivity index (χ0v) is 12.4. The molecule has 1 unspecified atom stereocenters. The van der Waals surface area contributed by atoms with E-state index in [0.717, 1.165) is 0 Å². The van der Waals surface area contributed by atoms with E-state index >= 15 is 0 Å². The Kier molecular flexibility index (Phi) is 4.30. The monoisotopic (exact) mass is 396 g/mol. The fourth-order valence-corrected chi connectivity index (χ4v) is 2.84. The number of hydrogen-bond acceptors (Lipinski definition) is 0. The summed E-state index contributed by atoms with van der Waals surface area (Å²) >= 11 is 6.03. The van der Waals surface area contributed by atoms with E-state index in [1.807, 2.05) is 0 Å². The van der Waals surface area contributed by atoms with Gasteiger partial charge in [-0.05, 0) is 22.0 Å². The third-order valence-electron chi connectivity index (χ3n) is 2.55. The molecule has 2 rings (SSSR count). The lowest BCUT2D eigenvalue weighted by Crippen LogP contribution is -2.04. The van der Waals surface area contributed by atoms with E-state index in [1.165, 1.54) is 18.2 Å². The Labute approximate surface area is 123 Å². The largest absolute Gasteiger partial charge is 0.207 e. The van der Waals surface area contributed by atoms with Crippen LogP contribution in [-0.2, 0) is 0 Å². The van der Waals surface area contributed by atoms with Gasteiger partial charge in [0.2, 0.25) is 0 Å². The summed E-state index contributed by atoms with van der Waals surface area (Å²) in [5.41, 5.74) is -0.378. The normalized spacial score (nSPS) is 12.5. The minimum absolute atomic E-state index is 0.0544. The molecule has 1 atom stereocenters. The van der Waals surface area contributed by atoms with Gasteiger partial charge in [0.15, 0.2) is 0 Å². The van der Waals surface area contributed by atoms with Crippen LogP contribution in [0.15, 0.2) is 34.8 Å². The van der Waals surface area contributed by atoms with Crippen molar-refractivity contribution >= 4 is 31.9 Å². The van der Waals surface area contributed by atoms with Crippen molar-refractivity contribution in [1.82, 2.24) is 0 Å². The van der Waals surface area contributed by atoms with Gasteiger partial charge in [0.1, 0.15) is 23.3 Å². The van der Waals surface area contributed by atoms with Gasteiger partial charge in [-0.1, -0.05) is 28.1 Å². The van der Waals surface area contributed by atoms with E-state index in [-0.39, 0.29) is 10.0 Å². The van der Waals surface area contributed by atoms with Gasteiger partial charge in [-0.25, -0.2) is 17.6 Å². The predicted octanol–water partition coefficient (Wildman–Crippen LogP) is 5.49. The van der Waals surface area contributed by atoms with E-state index in [2.05, 4.69) is 31.9 Å². The molecular formula is C13H6Br2F4. The molecule has 0 fully saturated rings. The second kappa shape index (κ2) is 5.63. The molecule has 0 saturated heterocycles. The van der Waals surface area contributed by atoms with Crippen LogP contribution in [0.3, 0.4) is 0 Å². The highest BCUT2D eigenvalue weighted by Crippen LogP contribution is 2.37. The number of hydrogen-bond donors (Lipinski definition) is 0. The van der Waals surface area contributed by atoms with Crippen LogP contribution in [0.25, 0.3) is 0 Å². The summed E-state index contributed by atoms with van der Waals surface area (Å²) in [5.74, 6) is -3.79. The topological polar surface area (TPSA) is 0 Å². The SMILES string of the molecule is Fc1cc(F)c(C(Br)c2cccc(Br)c2F)c(F)c1. The van der Waals surface area contributed by atoms with Crippen molar-refractivity contribution in [1.29, 1.82) is 0 Å². The van der Waals surface area contributed by atoms with Crippen molar-refractivity contribution in [2.75, 3.05) is 0 Å². The smallest absolute Gasteiger partial charge is 0.142 e. The maximum Gasteiger partial charge on any atom is 0.142 e. The first-order chi connectivity index (χ1) is 8.91. The molecule has 2 aromatic rings. The maximum absolute atomic E-state index is 13.9. The zero-order valence-electron chi connectivity index (χ0n) is 9.23. The molecule has 0 bridgehead atoms. The highest BCUT2D eigenvalue weighted by Gasteiger charge is 2.23. The molecule has 0 nitrogen and oxygen atoms in total. The molecule has 2 aromatic carbocycles. The molecule has 19 heavy (non-hydrogen) atoms. The Morgan fingerprint density at radius 1 is 0.947 bits per heavy atom. The third kappa shape index (κ3) is 2.84. The first kappa shape index (κ1) is 14.5. The Balaban J connectivity index is 2.56. The summed E-state index contributed by atoms with van der Waals surface area (Å²) in [7, 11) is 0. The highest BCUT2D eigenvalue weighted by molar-refractivity contribution is 9.10. The van der Waals surface area contributed by atoms with Crippen molar-refractivity contribution in [2.24, 2.45) is 0 Å². The number of halogens is 6. The second-order valence-corrected chi connectivity index (χ2v) is 5.56. The molecule has 0 radical (unpaired) electrons. The molecule has 0 aliphatic carbocycles. The Bertz CT molecular complexity index is 605. The van der Waals surface area contributed by atoms with Crippen LogP contribution in [0.2, 0.25) is 0 Å². The van der Waals surface area contributed by atoms with Crippen LogP contribution < -0.4 is 0 Å². The van der Waals surface area contributed by atoms with Crippen molar-refractivity contribution in [2.45, 2.75) is 4.83 Å². The first-order valence-electron chi connectivity index (χ1n) is 5.14. The molecule has 0 amide bonds. The van der Waals surface area contributed by atoms with Crippen molar-refractivity contribution < 1.29 is 17.6 Å². The lowest BCUT2D eigenvalue weighted by Gasteiger charge is -2.14. The van der Waals surface area contributed by atoms with Gasteiger partial charge in [-0.15, -0.1) is 0 Å². The van der Waals surface area contributed by atoms with Crippen LogP contribution in [0.1, 0.15) is 16.0 Å². The molecule has 100 valence electrons. The van der Waals surface area contributed by atoms with Crippen LogP contribution >= 0.6 is 31.9 Å². The Morgan fingerprint density at radius 2 is 1.53 bits per heavy atom. The lowest BCUT2D eigenvalue weighted by atomic mass is 10.0. The van der Waals surface area contributed by atoms with Gasteiger partial charge in [-0.2, -0.15) is 0 Å². The zero-order chi connectivity index (χ0) is 14.2. The number of benzene rings is 2. The summed E-state index contributed by atoms with van der Waals surface area (Å²) in [6.07, 6.45) is 0. The quantitative estimate of drug-likeness (QED) is 0.464. The average Bonchev–Trinajstić information content (AvgIpc) is 2.31. The van der Waals surface area contributed by atoms with Gasteiger partial charge in [0.05, 0.1) is 9.30 Å². The van der Waals surface area contributed by atoms with E-state index in [4.69, 9.17) is 0 Å². The summed E-state index contributed by atoms with van der Waals surface area (Å²) in [5, 5.41) is 0. The molecular weight excluding hydrogens is 392 g/mol. The standard InChI is InChI=1S/C13H6Br2F4/c14-8-3-1-2-7(13(8)19)12(15)11-9(17)4-6(16)5-10(11)18/h1-5,12H. The van der Waals surface area contributed by atoms with Crippen LogP contribution in [0.4, 0.5) is 17.6 Å². The summed E-state index contributed by atoms with van der Waals surface area (Å²) in [4.78, 5) is -1.05. The average molecular weight is 398 g/mol. The van der Waals surface area contributed by atoms with Crippen LogP contribution in [-0.4, -0.2) is 0 Å². The van der Waals surface area contributed by atoms with Crippen molar-refractivity contribution in [3.05, 3.63) is 69.2 Å². The predicted molar refractivity (Wildman–Crippen MR) is 71.2 cm³/mol. The third-order valence-corrected chi connectivity index (χ3v) is 4.12. The van der Waals surface area contributed by atoms with Crippen molar-refractivity contribution in [3.63, 3.8) is 0 Å². The fourth-order valence-electron chi connectivity index (χ4n) is 1.67. The van der Waals surface area contributed by atoms with Gasteiger partial charge >= 0.3 is 0 Å². The molecule has 0 aliphatic rings. The minimum atomic E-state index is -1.07. The second-order valence-electron chi connectivity index (χ2n) is 3.79. The lowest BCUT2D eigenvalue weighted by molar-refractivity contribution is 0.524. The summed E-state index contributed by atoms with van der Waals surface area (Å²) in [6.45, 7) is 0. The minimum Gasteiger partial charge on any atom is -0.207 e. The van der Waals surface area contributed by atoms with Gasteiger partial charge in [0.25, 0.3) is 0 Å². The molecule has 0 N–H and O–H groups in total. The number of alkyl halides is 1. The molecule has 0 spiro atoms. The molecule has 6 heteroatoms. The fraction of sp³-hybridized carbons (Fsp3) is 0.0769. The molecule has 0 aliphatic heterocycles. The van der Waals surface area contributed by atoms with Gasteiger partial charge < -0.3 is 0 Å². The molecule has 0 heterocycles. The van der Waals surface area contributed by atoms with Gasteiger partial charge in [-0.3, -0.25) is 0 Å². The summed E-state index contributed by atoms with van der Waals surface area (Å²) < 4.78 is 54.2. The Hall–Kier alpha value is -0.880. The van der Waals surface area contributed by atoms with E-state index in [1.54, 1.807) is 0 Å².